The molecule has 1 heterocycles. The van der Waals surface area contributed by atoms with Crippen LogP contribution in [0.1, 0.15) is 36.0 Å². The predicted molar refractivity (Wildman–Crippen MR) is 92.8 cm³/mol. The standard InChI is InChI=1S/C16H18Cl2N2OS/c1-10(2)16-19-12(9-22-16)7-15(21)20(3)8-11-4-5-13(17)14(18)6-11/h4-6,9-10H,7-8H2,1-3H3. The number of carbonyl (C=O) groups is 1. The van der Waals surface area contributed by atoms with Crippen molar-refractivity contribution in [2.24, 2.45) is 0 Å². The summed E-state index contributed by atoms with van der Waals surface area (Å²) < 4.78 is 0. The lowest BCUT2D eigenvalue weighted by molar-refractivity contribution is -0.129. The number of rotatable bonds is 5. The molecule has 0 aliphatic rings. The molecule has 0 fully saturated rings. The van der Waals surface area contributed by atoms with Crippen LogP contribution in [-0.2, 0) is 17.8 Å². The Labute approximate surface area is 144 Å². The SMILES string of the molecule is CC(C)c1nc(CC(=O)N(C)Cc2ccc(Cl)c(Cl)c2)cs1. The third kappa shape index (κ3) is 4.45. The highest BCUT2D eigenvalue weighted by Gasteiger charge is 2.14. The maximum atomic E-state index is 12.3. The van der Waals surface area contributed by atoms with Gasteiger partial charge in [-0.1, -0.05) is 43.1 Å². The molecule has 0 aliphatic carbocycles. The van der Waals surface area contributed by atoms with Crippen molar-refractivity contribution < 1.29 is 4.79 Å². The average molecular weight is 357 g/mol. The lowest BCUT2D eigenvalue weighted by Gasteiger charge is -2.17. The molecule has 0 bridgehead atoms. The molecule has 3 nitrogen and oxygen atoms in total. The molecule has 0 saturated heterocycles. The number of halogens is 2. The molecule has 0 N–H and O–H groups in total. The Morgan fingerprint density at radius 2 is 2.05 bits per heavy atom. The number of likely N-dealkylation sites (N-methyl/N-ethyl adjacent to an activating group) is 1. The van der Waals surface area contributed by atoms with Crippen molar-refractivity contribution in [3.8, 4) is 0 Å². The van der Waals surface area contributed by atoms with Gasteiger partial charge < -0.3 is 4.90 Å². The fourth-order valence-corrected chi connectivity index (χ4v) is 3.11. The molecule has 0 unspecified atom stereocenters. The van der Waals surface area contributed by atoms with Gasteiger partial charge in [-0.3, -0.25) is 4.79 Å². The Balaban J connectivity index is 1.97. The molecule has 2 aromatic rings. The first kappa shape index (κ1) is 17.3. The first-order chi connectivity index (χ1) is 10.4. The number of nitrogens with zero attached hydrogens (tertiary/aromatic N) is 2. The van der Waals surface area contributed by atoms with Crippen LogP contribution < -0.4 is 0 Å². The van der Waals surface area contributed by atoms with Crippen LogP contribution in [0.25, 0.3) is 0 Å². The molecule has 22 heavy (non-hydrogen) atoms. The van der Waals surface area contributed by atoms with Gasteiger partial charge in [0.25, 0.3) is 0 Å². The first-order valence-electron chi connectivity index (χ1n) is 6.99. The number of thiazole rings is 1. The number of hydrogen-bond acceptors (Lipinski definition) is 3. The third-order valence-electron chi connectivity index (χ3n) is 3.23. The Morgan fingerprint density at radius 1 is 1.32 bits per heavy atom. The van der Waals surface area contributed by atoms with E-state index in [4.69, 9.17) is 23.2 Å². The van der Waals surface area contributed by atoms with Crippen molar-refractivity contribution in [1.82, 2.24) is 9.88 Å². The third-order valence-corrected chi connectivity index (χ3v) is 5.16. The molecule has 0 atom stereocenters. The fraction of sp³-hybridized carbons (Fsp3) is 0.375. The van der Waals surface area contributed by atoms with Gasteiger partial charge in [-0.05, 0) is 17.7 Å². The Bertz CT molecular complexity index is 670. The molecule has 1 aromatic heterocycles. The number of benzene rings is 1. The molecule has 0 spiro atoms. The second-order valence-electron chi connectivity index (χ2n) is 5.51. The van der Waals surface area contributed by atoms with Crippen LogP contribution in [-0.4, -0.2) is 22.8 Å². The van der Waals surface area contributed by atoms with Gasteiger partial charge in [-0.15, -0.1) is 11.3 Å². The van der Waals surface area contributed by atoms with Crippen LogP contribution >= 0.6 is 34.5 Å². The maximum absolute atomic E-state index is 12.3. The van der Waals surface area contributed by atoms with E-state index in [0.717, 1.165) is 16.3 Å². The van der Waals surface area contributed by atoms with Gasteiger partial charge in [-0.25, -0.2) is 4.98 Å². The Morgan fingerprint density at radius 3 is 2.64 bits per heavy atom. The molecule has 118 valence electrons. The minimum Gasteiger partial charge on any atom is -0.341 e. The number of carbonyl (C=O) groups excluding carboxylic acids is 1. The second-order valence-corrected chi connectivity index (χ2v) is 7.21. The van der Waals surface area contributed by atoms with E-state index in [0.29, 0.717) is 28.9 Å². The summed E-state index contributed by atoms with van der Waals surface area (Å²) in [5.74, 6) is 0.425. The van der Waals surface area contributed by atoms with Gasteiger partial charge in [0.2, 0.25) is 5.91 Å². The summed E-state index contributed by atoms with van der Waals surface area (Å²) in [5.41, 5.74) is 1.78. The largest absolute Gasteiger partial charge is 0.341 e. The van der Waals surface area contributed by atoms with Crippen LogP contribution in [0, 0.1) is 0 Å². The van der Waals surface area contributed by atoms with Crippen LogP contribution in [0.4, 0.5) is 0 Å². The molecule has 1 amide bonds. The molecular formula is C16H18Cl2N2OS. The van der Waals surface area contributed by atoms with E-state index < -0.39 is 0 Å². The Hall–Kier alpha value is -1.10. The van der Waals surface area contributed by atoms with E-state index in [1.807, 2.05) is 11.4 Å². The van der Waals surface area contributed by atoms with Crippen molar-refractivity contribution in [3.63, 3.8) is 0 Å². The highest BCUT2D eigenvalue weighted by atomic mass is 35.5. The van der Waals surface area contributed by atoms with Crippen LogP contribution in [0.5, 0.6) is 0 Å². The summed E-state index contributed by atoms with van der Waals surface area (Å²) in [7, 11) is 1.78. The molecule has 0 saturated carbocycles. The maximum Gasteiger partial charge on any atom is 0.228 e. The van der Waals surface area contributed by atoms with Crippen molar-refractivity contribution in [2.75, 3.05) is 7.05 Å². The summed E-state index contributed by atoms with van der Waals surface area (Å²) in [5, 5.41) is 4.04. The zero-order valence-electron chi connectivity index (χ0n) is 12.8. The summed E-state index contributed by atoms with van der Waals surface area (Å²) in [6, 6.07) is 5.40. The van der Waals surface area contributed by atoms with Gasteiger partial charge in [0.15, 0.2) is 0 Å². The summed E-state index contributed by atoms with van der Waals surface area (Å²) in [4.78, 5) is 18.5. The topological polar surface area (TPSA) is 33.2 Å². The first-order valence-corrected chi connectivity index (χ1v) is 8.62. The lowest BCUT2D eigenvalue weighted by atomic mass is 10.2. The minimum atomic E-state index is 0.0340. The van der Waals surface area contributed by atoms with Crippen molar-refractivity contribution in [2.45, 2.75) is 32.7 Å². The van der Waals surface area contributed by atoms with E-state index in [1.165, 1.54) is 0 Å². The van der Waals surface area contributed by atoms with Crippen molar-refractivity contribution in [1.29, 1.82) is 0 Å². The van der Waals surface area contributed by atoms with Gasteiger partial charge in [-0.2, -0.15) is 0 Å². The lowest BCUT2D eigenvalue weighted by Crippen LogP contribution is -2.27. The molecular weight excluding hydrogens is 339 g/mol. The van der Waals surface area contributed by atoms with E-state index in [1.54, 1.807) is 35.4 Å². The molecule has 0 radical (unpaired) electrons. The normalized spacial score (nSPS) is 11.0. The smallest absolute Gasteiger partial charge is 0.228 e. The van der Waals surface area contributed by atoms with E-state index in [-0.39, 0.29) is 5.91 Å². The zero-order valence-corrected chi connectivity index (χ0v) is 15.1. The van der Waals surface area contributed by atoms with E-state index in [9.17, 15) is 4.79 Å². The minimum absolute atomic E-state index is 0.0340. The number of amides is 1. The summed E-state index contributed by atoms with van der Waals surface area (Å²) >= 11 is 13.5. The molecule has 0 aliphatic heterocycles. The summed E-state index contributed by atoms with van der Waals surface area (Å²) in [6.45, 7) is 4.69. The van der Waals surface area contributed by atoms with Gasteiger partial charge in [0, 0.05) is 24.9 Å². The van der Waals surface area contributed by atoms with Crippen LogP contribution in [0.15, 0.2) is 23.6 Å². The Kier molecular flexibility index (Phi) is 5.84. The van der Waals surface area contributed by atoms with Gasteiger partial charge in [0.05, 0.1) is 27.2 Å². The summed E-state index contributed by atoms with van der Waals surface area (Å²) in [6.07, 6.45) is 0.320. The van der Waals surface area contributed by atoms with Crippen LogP contribution in [0.3, 0.4) is 0 Å². The molecule has 2 rings (SSSR count). The van der Waals surface area contributed by atoms with E-state index >= 15 is 0 Å². The predicted octanol–water partition coefficient (Wildman–Crippen LogP) is 4.77. The molecule has 1 aromatic carbocycles. The molecule has 6 heteroatoms. The monoisotopic (exact) mass is 356 g/mol. The zero-order chi connectivity index (χ0) is 16.3. The highest BCUT2D eigenvalue weighted by molar-refractivity contribution is 7.09. The van der Waals surface area contributed by atoms with E-state index in [2.05, 4.69) is 18.8 Å². The fourth-order valence-electron chi connectivity index (χ4n) is 1.96. The number of hydrogen-bond donors (Lipinski definition) is 0. The highest BCUT2D eigenvalue weighted by Crippen LogP contribution is 2.23. The second kappa shape index (κ2) is 7.44. The van der Waals surface area contributed by atoms with Gasteiger partial charge >= 0.3 is 0 Å². The van der Waals surface area contributed by atoms with Gasteiger partial charge in [0.1, 0.15) is 0 Å². The van der Waals surface area contributed by atoms with Crippen molar-refractivity contribution >= 4 is 40.4 Å². The van der Waals surface area contributed by atoms with Crippen molar-refractivity contribution in [3.05, 3.63) is 49.9 Å². The van der Waals surface area contributed by atoms with Crippen LogP contribution in [0.2, 0.25) is 10.0 Å². The number of aromatic nitrogens is 1. The average Bonchev–Trinajstić information content (AvgIpc) is 2.91. The quantitative estimate of drug-likeness (QED) is 0.772.